The van der Waals surface area contributed by atoms with Crippen molar-refractivity contribution in [2.75, 3.05) is 0 Å². The summed E-state index contributed by atoms with van der Waals surface area (Å²) in [4.78, 5) is 10.9. The van der Waals surface area contributed by atoms with Gasteiger partial charge in [-0.3, -0.25) is 4.79 Å². The number of benzene rings is 1. The highest BCUT2D eigenvalue weighted by molar-refractivity contribution is 6.42. The quantitative estimate of drug-likeness (QED) is 0.837. The topological polar surface area (TPSA) is 63.3 Å². The number of carbonyl (C=O) groups is 1. The van der Waals surface area contributed by atoms with Crippen LogP contribution in [0.15, 0.2) is 12.1 Å². The van der Waals surface area contributed by atoms with Gasteiger partial charge in [0.1, 0.15) is 0 Å². The van der Waals surface area contributed by atoms with Gasteiger partial charge in [0.05, 0.1) is 16.0 Å². The van der Waals surface area contributed by atoms with E-state index in [4.69, 9.17) is 34.0 Å². The minimum atomic E-state index is -0.813. The number of aliphatic carboxylic acids is 1. The van der Waals surface area contributed by atoms with E-state index in [1.807, 2.05) is 0 Å². The Labute approximate surface area is 115 Å². The standard InChI is InChI=1S/C11H11Cl2NO2.ClH/c12-8-2-5-1-6(11(15)16)3-10(14)7(5)4-9(8)13;/h2,4,6,10H,1,3,14H2,(H,15,16);1H. The summed E-state index contributed by atoms with van der Waals surface area (Å²) >= 11 is 11.8. The molecule has 0 saturated carbocycles. The van der Waals surface area contributed by atoms with Gasteiger partial charge < -0.3 is 10.8 Å². The second-order valence-corrected chi connectivity index (χ2v) is 4.86. The van der Waals surface area contributed by atoms with Crippen LogP contribution < -0.4 is 5.73 Å². The van der Waals surface area contributed by atoms with Crippen molar-refractivity contribution in [1.82, 2.24) is 0 Å². The monoisotopic (exact) mass is 295 g/mol. The highest BCUT2D eigenvalue weighted by Gasteiger charge is 2.29. The van der Waals surface area contributed by atoms with Crippen LogP contribution in [0.2, 0.25) is 10.0 Å². The summed E-state index contributed by atoms with van der Waals surface area (Å²) in [5, 5.41) is 9.90. The Balaban J connectivity index is 0.00000144. The lowest BCUT2D eigenvalue weighted by molar-refractivity contribution is -0.142. The fourth-order valence-corrected chi connectivity index (χ4v) is 2.45. The molecule has 3 nitrogen and oxygen atoms in total. The molecule has 0 aliphatic heterocycles. The molecule has 0 heterocycles. The van der Waals surface area contributed by atoms with Crippen LogP contribution in [0.25, 0.3) is 0 Å². The normalized spacial score (nSPS) is 22.5. The van der Waals surface area contributed by atoms with Crippen molar-refractivity contribution in [3.63, 3.8) is 0 Å². The van der Waals surface area contributed by atoms with Crippen molar-refractivity contribution in [3.8, 4) is 0 Å². The number of carboxylic acids is 1. The minimum Gasteiger partial charge on any atom is -0.481 e. The first-order chi connectivity index (χ1) is 7.49. The summed E-state index contributed by atoms with van der Waals surface area (Å²) < 4.78 is 0. The average Bonchev–Trinajstić information content (AvgIpc) is 2.20. The molecule has 1 aliphatic rings. The molecule has 0 bridgehead atoms. The SMILES string of the molecule is Cl.NC1CC(C(=O)O)Cc2cc(Cl)c(Cl)cc21. The highest BCUT2D eigenvalue weighted by atomic mass is 35.5. The Morgan fingerprint density at radius 1 is 1.35 bits per heavy atom. The molecule has 0 radical (unpaired) electrons. The molecule has 1 aromatic rings. The predicted molar refractivity (Wildman–Crippen MR) is 70.1 cm³/mol. The number of fused-ring (bicyclic) bond motifs is 1. The van der Waals surface area contributed by atoms with Gasteiger partial charge in [0, 0.05) is 6.04 Å². The lowest BCUT2D eigenvalue weighted by atomic mass is 9.81. The van der Waals surface area contributed by atoms with Crippen molar-refractivity contribution < 1.29 is 9.90 Å². The molecule has 0 saturated heterocycles. The van der Waals surface area contributed by atoms with Crippen molar-refractivity contribution in [2.45, 2.75) is 18.9 Å². The summed E-state index contributed by atoms with van der Waals surface area (Å²) in [6.07, 6.45) is 0.912. The van der Waals surface area contributed by atoms with Gasteiger partial charge >= 0.3 is 5.97 Å². The number of hydrogen-bond donors (Lipinski definition) is 2. The van der Waals surface area contributed by atoms with Gasteiger partial charge in [-0.25, -0.2) is 0 Å². The maximum absolute atomic E-state index is 10.9. The van der Waals surface area contributed by atoms with Crippen molar-refractivity contribution in [3.05, 3.63) is 33.3 Å². The van der Waals surface area contributed by atoms with Gasteiger partial charge in [0.2, 0.25) is 0 Å². The molecule has 2 rings (SSSR count). The third-order valence-corrected chi connectivity index (χ3v) is 3.66. The van der Waals surface area contributed by atoms with Crippen LogP contribution in [0.5, 0.6) is 0 Å². The highest BCUT2D eigenvalue weighted by Crippen LogP contribution is 2.36. The second-order valence-electron chi connectivity index (χ2n) is 4.05. The third-order valence-electron chi connectivity index (χ3n) is 2.94. The molecule has 6 heteroatoms. The molecule has 1 aliphatic carbocycles. The Bertz CT molecular complexity index is 451. The van der Waals surface area contributed by atoms with Crippen LogP contribution in [-0.4, -0.2) is 11.1 Å². The van der Waals surface area contributed by atoms with E-state index in [1.54, 1.807) is 12.1 Å². The van der Waals surface area contributed by atoms with Gasteiger partial charge in [-0.15, -0.1) is 12.4 Å². The Morgan fingerprint density at radius 3 is 2.53 bits per heavy atom. The molecule has 3 N–H and O–H groups in total. The van der Waals surface area contributed by atoms with Crippen molar-refractivity contribution in [1.29, 1.82) is 0 Å². The maximum Gasteiger partial charge on any atom is 0.306 e. The summed E-state index contributed by atoms with van der Waals surface area (Å²) in [6, 6.07) is 3.18. The van der Waals surface area contributed by atoms with Crippen LogP contribution in [0.4, 0.5) is 0 Å². The van der Waals surface area contributed by atoms with Crippen LogP contribution in [0.1, 0.15) is 23.6 Å². The second kappa shape index (κ2) is 5.44. The summed E-state index contributed by atoms with van der Waals surface area (Å²) in [7, 11) is 0. The summed E-state index contributed by atoms with van der Waals surface area (Å²) in [5.74, 6) is -1.24. The van der Waals surface area contributed by atoms with E-state index in [2.05, 4.69) is 0 Å². The fourth-order valence-electron chi connectivity index (χ4n) is 2.10. The number of rotatable bonds is 1. The van der Waals surface area contributed by atoms with Crippen LogP contribution in [0, 0.1) is 5.92 Å². The molecule has 2 atom stereocenters. The first-order valence-corrected chi connectivity index (χ1v) is 5.71. The zero-order valence-electron chi connectivity index (χ0n) is 8.82. The van der Waals surface area contributed by atoms with E-state index in [0.717, 1.165) is 11.1 Å². The van der Waals surface area contributed by atoms with E-state index < -0.39 is 11.9 Å². The number of carboxylic acid groups (broad SMARTS) is 1. The first-order valence-electron chi connectivity index (χ1n) is 4.95. The fraction of sp³-hybridized carbons (Fsp3) is 0.364. The van der Waals surface area contributed by atoms with Gasteiger partial charge in [0.15, 0.2) is 0 Å². The van der Waals surface area contributed by atoms with Crippen molar-refractivity contribution >= 4 is 41.6 Å². The molecule has 2 unspecified atom stereocenters. The Morgan fingerprint density at radius 2 is 1.94 bits per heavy atom. The number of nitrogens with two attached hydrogens (primary N) is 1. The van der Waals surface area contributed by atoms with E-state index in [9.17, 15) is 4.79 Å². The first kappa shape index (κ1) is 14.6. The third kappa shape index (κ3) is 2.86. The Kier molecular flexibility index (Phi) is 4.67. The van der Waals surface area contributed by atoms with Crippen LogP contribution in [0.3, 0.4) is 0 Å². The van der Waals surface area contributed by atoms with Crippen LogP contribution in [-0.2, 0) is 11.2 Å². The zero-order valence-corrected chi connectivity index (χ0v) is 11.1. The van der Waals surface area contributed by atoms with Crippen LogP contribution >= 0.6 is 35.6 Å². The zero-order chi connectivity index (χ0) is 11.9. The maximum atomic E-state index is 10.9. The van der Waals surface area contributed by atoms with Gasteiger partial charge in [-0.05, 0) is 36.1 Å². The van der Waals surface area contributed by atoms with E-state index in [0.29, 0.717) is 22.9 Å². The van der Waals surface area contributed by atoms with Gasteiger partial charge in [-0.1, -0.05) is 23.2 Å². The predicted octanol–water partition coefficient (Wildman–Crippen LogP) is 3.06. The van der Waals surface area contributed by atoms with E-state index >= 15 is 0 Å². The molecule has 1 aromatic carbocycles. The molecule has 0 spiro atoms. The molecule has 0 fully saturated rings. The molecule has 17 heavy (non-hydrogen) atoms. The molecule has 94 valence electrons. The van der Waals surface area contributed by atoms with Gasteiger partial charge in [0.25, 0.3) is 0 Å². The molecule has 0 aromatic heterocycles. The summed E-state index contributed by atoms with van der Waals surface area (Å²) in [5.41, 5.74) is 7.73. The molecule has 0 amide bonds. The summed E-state index contributed by atoms with van der Waals surface area (Å²) in [6.45, 7) is 0. The Hall–Kier alpha value is -0.480. The van der Waals surface area contributed by atoms with E-state index in [-0.39, 0.29) is 18.4 Å². The molecular weight excluding hydrogens is 284 g/mol. The lowest BCUT2D eigenvalue weighted by Gasteiger charge is -2.27. The van der Waals surface area contributed by atoms with E-state index in [1.165, 1.54) is 0 Å². The largest absolute Gasteiger partial charge is 0.481 e. The van der Waals surface area contributed by atoms with Gasteiger partial charge in [-0.2, -0.15) is 0 Å². The average molecular weight is 297 g/mol. The smallest absolute Gasteiger partial charge is 0.306 e. The number of halogens is 3. The molecular formula is C11H12Cl3NO2. The van der Waals surface area contributed by atoms with Crippen molar-refractivity contribution in [2.24, 2.45) is 11.7 Å². The minimum absolute atomic E-state index is 0. The lowest BCUT2D eigenvalue weighted by Crippen LogP contribution is -2.28. The number of hydrogen-bond acceptors (Lipinski definition) is 2.